The Morgan fingerprint density at radius 2 is 1.52 bits per heavy atom. The molecular weight excluding hydrogens is 352 g/mol. The number of hydrogen-bond acceptors (Lipinski definition) is 6. The molecule has 2 amide bonds. The van der Waals surface area contributed by atoms with E-state index in [2.05, 4.69) is 16.6 Å². The molecule has 0 saturated heterocycles. The summed E-state index contributed by atoms with van der Waals surface area (Å²) in [5.74, 6) is 1.58. The van der Waals surface area contributed by atoms with Crippen molar-refractivity contribution in [3.05, 3.63) is 0 Å². The molecule has 0 aromatic carbocycles. The van der Waals surface area contributed by atoms with E-state index in [1.807, 2.05) is 0 Å². The van der Waals surface area contributed by atoms with Gasteiger partial charge in [-0.15, -0.1) is 6.42 Å². The van der Waals surface area contributed by atoms with E-state index < -0.39 is 35.4 Å². The van der Waals surface area contributed by atoms with Gasteiger partial charge in [0.15, 0.2) is 6.61 Å². The summed E-state index contributed by atoms with van der Waals surface area (Å²) in [5.41, 5.74) is -1.25. The third-order valence-corrected chi connectivity index (χ3v) is 2.86. The molecule has 0 heterocycles. The van der Waals surface area contributed by atoms with Gasteiger partial charge in [-0.3, -0.25) is 0 Å². The SMILES string of the molecule is C#CCOC(=O)C(CCCCNC(=O)OC(C)(C)C)NC(=O)OC(C)(C)C. The molecule has 154 valence electrons. The Kier molecular flexibility index (Phi) is 10.3. The zero-order chi connectivity index (χ0) is 21.1. The number of carbonyl (C=O) groups is 3. The third-order valence-electron chi connectivity index (χ3n) is 2.86. The van der Waals surface area contributed by atoms with Gasteiger partial charge in [0.1, 0.15) is 17.2 Å². The minimum atomic E-state index is -0.880. The van der Waals surface area contributed by atoms with Gasteiger partial charge in [0, 0.05) is 6.54 Å². The van der Waals surface area contributed by atoms with Gasteiger partial charge in [0.25, 0.3) is 0 Å². The number of terminal acetylenes is 1. The fourth-order valence-corrected chi connectivity index (χ4v) is 1.89. The summed E-state index contributed by atoms with van der Waals surface area (Å²) < 4.78 is 15.2. The summed E-state index contributed by atoms with van der Waals surface area (Å²) in [6, 6.07) is -0.880. The molecule has 0 aliphatic heterocycles. The number of alkyl carbamates (subject to hydrolysis) is 2. The predicted molar refractivity (Wildman–Crippen MR) is 101 cm³/mol. The number of esters is 1. The second kappa shape index (κ2) is 11.3. The largest absolute Gasteiger partial charge is 0.451 e. The summed E-state index contributed by atoms with van der Waals surface area (Å²) in [5, 5.41) is 5.13. The normalized spacial score (nSPS) is 12.3. The Bertz CT molecular complexity index is 540. The molecule has 2 N–H and O–H groups in total. The topological polar surface area (TPSA) is 103 Å². The smallest absolute Gasteiger partial charge is 0.408 e. The number of ether oxygens (including phenoxy) is 3. The van der Waals surface area contributed by atoms with Crippen LogP contribution in [-0.2, 0) is 19.0 Å². The second-order valence-corrected chi connectivity index (χ2v) is 7.94. The van der Waals surface area contributed by atoms with Crippen molar-refractivity contribution >= 4 is 18.2 Å². The van der Waals surface area contributed by atoms with E-state index >= 15 is 0 Å². The highest BCUT2D eigenvalue weighted by Gasteiger charge is 2.25. The van der Waals surface area contributed by atoms with E-state index in [1.54, 1.807) is 41.5 Å². The van der Waals surface area contributed by atoms with Crippen LogP contribution in [0.25, 0.3) is 0 Å². The van der Waals surface area contributed by atoms with Gasteiger partial charge in [-0.05, 0) is 60.8 Å². The Balaban J connectivity index is 4.43. The molecule has 1 unspecified atom stereocenters. The zero-order valence-corrected chi connectivity index (χ0v) is 17.1. The van der Waals surface area contributed by atoms with E-state index in [0.717, 1.165) is 0 Å². The van der Waals surface area contributed by atoms with Crippen molar-refractivity contribution in [1.29, 1.82) is 0 Å². The minimum absolute atomic E-state index is 0.175. The molecule has 1 atom stereocenters. The molecule has 0 aliphatic rings. The van der Waals surface area contributed by atoms with Crippen molar-refractivity contribution in [3.63, 3.8) is 0 Å². The number of unbranched alkanes of at least 4 members (excludes halogenated alkanes) is 1. The average Bonchev–Trinajstić information content (AvgIpc) is 2.47. The lowest BCUT2D eigenvalue weighted by molar-refractivity contribution is -0.144. The van der Waals surface area contributed by atoms with Crippen LogP contribution in [0.3, 0.4) is 0 Å². The van der Waals surface area contributed by atoms with Crippen LogP contribution in [0.2, 0.25) is 0 Å². The zero-order valence-electron chi connectivity index (χ0n) is 17.1. The lowest BCUT2D eigenvalue weighted by atomic mass is 10.1. The molecule has 0 fully saturated rings. The number of amides is 2. The van der Waals surface area contributed by atoms with Gasteiger partial charge < -0.3 is 24.8 Å². The molecule has 0 radical (unpaired) electrons. The first kappa shape index (κ1) is 24.6. The fraction of sp³-hybridized carbons (Fsp3) is 0.737. The maximum absolute atomic E-state index is 12.1. The Morgan fingerprint density at radius 1 is 0.963 bits per heavy atom. The Morgan fingerprint density at radius 3 is 2.04 bits per heavy atom. The summed E-state index contributed by atoms with van der Waals surface area (Å²) in [7, 11) is 0. The lowest BCUT2D eigenvalue weighted by Crippen LogP contribution is -2.44. The molecule has 0 aromatic heterocycles. The van der Waals surface area contributed by atoms with Gasteiger partial charge in [0.05, 0.1) is 0 Å². The molecule has 0 aromatic rings. The van der Waals surface area contributed by atoms with Crippen LogP contribution in [0.1, 0.15) is 60.8 Å². The van der Waals surface area contributed by atoms with Crippen molar-refractivity contribution in [3.8, 4) is 12.3 Å². The van der Waals surface area contributed by atoms with Crippen molar-refractivity contribution in [2.75, 3.05) is 13.2 Å². The molecule has 0 spiro atoms. The highest BCUT2D eigenvalue weighted by molar-refractivity contribution is 5.81. The van der Waals surface area contributed by atoms with E-state index in [9.17, 15) is 14.4 Å². The summed E-state index contributed by atoms with van der Waals surface area (Å²) >= 11 is 0. The van der Waals surface area contributed by atoms with E-state index in [4.69, 9.17) is 20.6 Å². The molecule has 8 heteroatoms. The lowest BCUT2D eigenvalue weighted by Gasteiger charge is -2.23. The highest BCUT2D eigenvalue weighted by Crippen LogP contribution is 2.09. The van der Waals surface area contributed by atoms with Crippen molar-refractivity contribution in [1.82, 2.24) is 10.6 Å². The summed E-state index contributed by atoms with van der Waals surface area (Å²) in [6.45, 7) is 10.7. The van der Waals surface area contributed by atoms with E-state index in [1.165, 1.54) is 0 Å². The summed E-state index contributed by atoms with van der Waals surface area (Å²) in [6.07, 6.45) is 5.34. The van der Waals surface area contributed by atoms with Crippen LogP contribution >= 0.6 is 0 Å². The molecule has 8 nitrogen and oxygen atoms in total. The van der Waals surface area contributed by atoms with Crippen molar-refractivity contribution in [2.24, 2.45) is 0 Å². The number of hydrogen-bond donors (Lipinski definition) is 2. The average molecular weight is 384 g/mol. The first-order valence-electron chi connectivity index (χ1n) is 8.90. The maximum atomic E-state index is 12.1. The number of carbonyl (C=O) groups excluding carboxylic acids is 3. The highest BCUT2D eigenvalue weighted by atomic mass is 16.6. The quantitative estimate of drug-likeness (QED) is 0.289. The second-order valence-electron chi connectivity index (χ2n) is 7.94. The van der Waals surface area contributed by atoms with Gasteiger partial charge in [-0.2, -0.15) is 0 Å². The van der Waals surface area contributed by atoms with Crippen LogP contribution in [0, 0.1) is 12.3 Å². The van der Waals surface area contributed by atoms with Gasteiger partial charge in [0.2, 0.25) is 0 Å². The van der Waals surface area contributed by atoms with E-state index in [0.29, 0.717) is 25.8 Å². The van der Waals surface area contributed by atoms with Crippen molar-refractivity contribution < 1.29 is 28.6 Å². The summed E-state index contributed by atoms with van der Waals surface area (Å²) in [4.78, 5) is 35.5. The van der Waals surface area contributed by atoms with Crippen LogP contribution in [-0.4, -0.2) is 48.6 Å². The van der Waals surface area contributed by atoms with Crippen LogP contribution in [0.5, 0.6) is 0 Å². The molecule has 0 saturated carbocycles. The first-order valence-corrected chi connectivity index (χ1v) is 8.90. The van der Waals surface area contributed by atoms with Crippen LogP contribution < -0.4 is 10.6 Å². The third kappa shape index (κ3) is 14.4. The molecule has 0 rings (SSSR count). The maximum Gasteiger partial charge on any atom is 0.408 e. The van der Waals surface area contributed by atoms with Crippen molar-refractivity contribution in [2.45, 2.75) is 78.0 Å². The first-order chi connectivity index (χ1) is 12.3. The van der Waals surface area contributed by atoms with Gasteiger partial charge >= 0.3 is 18.2 Å². The van der Waals surface area contributed by atoms with E-state index in [-0.39, 0.29) is 6.61 Å². The fourth-order valence-electron chi connectivity index (χ4n) is 1.89. The van der Waals surface area contributed by atoms with Crippen LogP contribution in [0.15, 0.2) is 0 Å². The predicted octanol–water partition coefficient (Wildman–Crippen LogP) is 2.75. The molecule has 27 heavy (non-hydrogen) atoms. The molecule has 0 aliphatic carbocycles. The number of rotatable bonds is 8. The van der Waals surface area contributed by atoms with Gasteiger partial charge in [-0.1, -0.05) is 5.92 Å². The molecular formula is C19H32N2O6. The van der Waals surface area contributed by atoms with Crippen LogP contribution in [0.4, 0.5) is 9.59 Å². The minimum Gasteiger partial charge on any atom is -0.451 e. The Labute approximate surface area is 161 Å². The van der Waals surface area contributed by atoms with Gasteiger partial charge in [-0.25, -0.2) is 14.4 Å². The molecule has 0 bridgehead atoms. The monoisotopic (exact) mass is 384 g/mol. The Hall–Kier alpha value is -2.43. The standard InChI is InChI=1S/C19H32N2O6/c1-8-13-25-15(22)14(21-17(24)27-19(5,6)7)11-9-10-12-20-16(23)26-18(2,3)4/h1,14H,9-13H2,2-7H3,(H,20,23)(H,21,24). The number of nitrogens with one attached hydrogen (secondary N) is 2.